The minimum atomic E-state index is 0.176. The highest BCUT2D eigenvalue weighted by atomic mass is 32.1. The molecule has 0 aliphatic heterocycles. The Balaban J connectivity index is 1.68. The Bertz CT molecular complexity index is 872. The van der Waals surface area contributed by atoms with Gasteiger partial charge in [0.15, 0.2) is 0 Å². The third kappa shape index (κ3) is 4.34. The van der Waals surface area contributed by atoms with Gasteiger partial charge in [-0.25, -0.2) is 4.98 Å². The Morgan fingerprint density at radius 2 is 1.65 bits per heavy atom. The number of ether oxygens (including phenoxy) is 1. The molecule has 0 atom stereocenters. The molecule has 1 heterocycles. The van der Waals surface area contributed by atoms with Crippen LogP contribution in [0.1, 0.15) is 42.5 Å². The lowest BCUT2D eigenvalue weighted by molar-refractivity contribution is 0.318. The fraction of sp³-hybridized carbons (Fsp3) is 0.348. The van der Waals surface area contributed by atoms with Crippen molar-refractivity contribution >= 4 is 11.3 Å². The minimum Gasteiger partial charge on any atom is -0.493 e. The normalized spacial score (nSPS) is 11.6. The van der Waals surface area contributed by atoms with E-state index in [1.54, 1.807) is 11.3 Å². The number of para-hydroxylation sites is 1. The van der Waals surface area contributed by atoms with Crippen molar-refractivity contribution in [1.29, 1.82) is 0 Å². The van der Waals surface area contributed by atoms with Gasteiger partial charge in [-0.15, -0.1) is 11.3 Å². The maximum atomic E-state index is 5.93. The molecule has 26 heavy (non-hydrogen) atoms. The number of hydrogen-bond donors (Lipinski definition) is 0. The van der Waals surface area contributed by atoms with E-state index in [-0.39, 0.29) is 5.41 Å². The molecule has 3 aromatic rings. The second kappa shape index (κ2) is 7.63. The Morgan fingerprint density at radius 3 is 2.31 bits per heavy atom. The van der Waals surface area contributed by atoms with E-state index >= 15 is 0 Å². The van der Waals surface area contributed by atoms with Gasteiger partial charge in [-0.05, 0) is 36.5 Å². The fourth-order valence-corrected chi connectivity index (χ4v) is 3.84. The second-order valence-electron chi connectivity index (χ2n) is 7.71. The van der Waals surface area contributed by atoms with Crippen molar-refractivity contribution in [1.82, 2.24) is 4.98 Å². The first-order valence-electron chi connectivity index (χ1n) is 9.10. The highest BCUT2D eigenvalue weighted by molar-refractivity contribution is 7.15. The van der Waals surface area contributed by atoms with Gasteiger partial charge in [0.1, 0.15) is 10.8 Å². The van der Waals surface area contributed by atoms with Crippen molar-refractivity contribution < 1.29 is 4.74 Å². The average Bonchev–Trinajstić information content (AvgIpc) is 2.97. The minimum absolute atomic E-state index is 0.176. The monoisotopic (exact) mass is 365 g/mol. The van der Waals surface area contributed by atoms with Gasteiger partial charge in [0.25, 0.3) is 0 Å². The third-order valence-electron chi connectivity index (χ3n) is 4.58. The van der Waals surface area contributed by atoms with E-state index < -0.39 is 0 Å². The first kappa shape index (κ1) is 18.7. The van der Waals surface area contributed by atoms with Crippen LogP contribution in [-0.4, -0.2) is 11.6 Å². The largest absolute Gasteiger partial charge is 0.493 e. The lowest BCUT2D eigenvalue weighted by Crippen LogP contribution is -2.10. The van der Waals surface area contributed by atoms with Crippen LogP contribution < -0.4 is 4.74 Å². The summed E-state index contributed by atoms with van der Waals surface area (Å²) in [7, 11) is 0. The molecular weight excluding hydrogens is 338 g/mol. The van der Waals surface area contributed by atoms with Crippen LogP contribution in [-0.2, 0) is 11.8 Å². The molecule has 0 aliphatic rings. The summed E-state index contributed by atoms with van der Waals surface area (Å²) >= 11 is 1.76. The van der Waals surface area contributed by atoms with E-state index in [0.29, 0.717) is 6.61 Å². The van der Waals surface area contributed by atoms with Gasteiger partial charge in [-0.2, -0.15) is 0 Å². The second-order valence-corrected chi connectivity index (χ2v) is 8.92. The molecule has 0 aliphatic carbocycles. The molecule has 2 aromatic carbocycles. The molecular formula is C23H27NOS. The molecule has 0 radical (unpaired) electrons. The number of benzene rings is 2. The van der Waals surface area contributed by atoms with Crippen molar-refractivity contribution in [2.24, 2.45) is 0 Å². The molecule has 136 valence electrons. The summed E-state index contributed by atoms with van der Waals surface area (Å²) in [6, 6.07) is 16.9. The van der Waals surface area contributed by atoms with E-state index in [2.05, 4.69) is 65.0 Å². The number of aromatic nitrogens is 1. The Hall–Kier alpha value is -2.13. The number of hydrogen-bond acceptors (Lipinski definition) is 3. The molecule has 0 fully saturated rings. The van der Waals surface area contributed by atoms with Gasteiger partial charge in [-0.3, -0.25) is 0 Å². The zero-order valence-corrected chi connectivity index (χ0v) is 17.1. The van der Waals surface area contributed by atoms with Crippen molar-refractivity contribution in [3.05, 3.63) is 70.2 Å². The molecule has 2 nitrogen and oxygen atoms in total. The van der Waals surface area contributed by atoms with Gasteiger partial charge in [-0.1, -0.05) is 63.2 Å². The number of thiazole rings is 1. The number of aryl methyl sites for hydroxylation is 2. The van der Waals surface area contributed by atoms with Crippen LogP contribution >= 0.6 is 11.3 Å². The number of nitrogens with zero attached hydrogens (tertiary/aromatic N) is 1. The van der Waals surface area contributed by atoms with Crippen LogP contribution in [0.3, 0.4) is 0 Å². The maximum Gasteiger partial charge on any atom is 0.123 e. The van der Waals surface area contributed by atoms with Crippen molar-refractivity contribution in [3.8, 4) is 16.3 Å². The molecule has 0 N–H and O–H groups in total. The van der Waals surface area contributed by atoms with Crippen LogP contribution in [0.15, 0.2) is 48.5 Å². The molecule has 0 amide bonds. The summed E-state index contributed by atoms with van der Waals surface area (Å²) in [5, 5.41) is 1.09. The average molecular weight is 366 g/mol. The summed E-state index contributed by atoms with van der Waals surface area (Å²) in [5.74, 6) is 0.957. The van der Waals surface area contributed by atoms with Gasteiger partial charge >= 0.3 is 0 Å². The quantitative estimate of drug-likeness (QED) is 0.526. The topological polar surface area (TPSA) is 22.1 Å². The number of rotatable bonds is 5. The standard InChI is InChI=1S/C23H27NOS/c1-16-8-6-7-9-21(16)25-15-14-20-17(2)26-22(24-20)18-10-12-19(13-11-18)23(3,4)5/h6-13H,14-15H2,1-5H3. The predicted molar refractivity (Wildman–Crippen MR) is 111 cm³/mol. The van der Waals surface area contributed by atoms with Gasteiger partial charge in [0.2, 0.25) is 0 Å². The smallest absolute Gasteiger partial charge is 0.123 e. The third-order valence-corrected chi connectivity index (χ3v) is 5.64. The molecule has 0 spiro atoms. The molecule has 3 heteroatoms. The summed E-state index contributed by atoms with van der Waals surface area (Å²) < 4.78 is 5.93. The molecule has 3 rings (SSSR count). The molecule has 0 bridgehead atoms. The predicted octanol–water partition coefficient (Wildman–Crippen LogP) is 6.35. The van der Waals surface area contributed by atoms with Gasteiger partial charge in [0.05, 0.1) is 12.3 Å². The van der Waals surface area contributed by atoms with Crippen LogP contribution in [0.2, 0.25) is 0 Å². The van der Waals surface area contributed by atoms with E-state index in [1.165, 1.54) is 21.6 Å². The molecule has 1 aromatic heterocycles. The highest BCUT2D eigenvalue weighted by Gasteiger charge is 2.14. The fourth-order valence-electron chi connectivity index (χ4n) is 2.87. The molecule has 0 saturated heterocycles. The van der Waals surface area contributed by atoms with E-state index in [4.69, 9.17) is 9.72 Å². The lowest BCUT2D eigenvalue weighted by atomic mass is 9.87. The van der Waals surface area contributed by atoms with Crippen molar-refractivity contribution in [2.45, 2.75) is 46.5 Å². The summed E-state index contributed by atoms with van der Waals surface area (Å²) in [4.78, 5) is 6.14. The Kier molecular flexibility index (Phi) is 5.47. The maximum absolute atomic E-state index is 5.93. The summed E-state index contributed by atoms with van der Waals surface area (Å²) in [5.41, 5.74) is 5.02. The first-order valence-corrected chi connectivity index (χ1v) is 9.92. The van der Waals surface area contributed by atoms with Crippen molar-refractivity contribution in [3.63, 3.8) is 0 Å². The van der Waals surface area contributed by atoms with Crippen LogP contribution in [0.4, 0.5) is 0 Å². The SMILES string of the molecule is Cc1ccccc1OCCc1nc(-c2ccc(C(C)(C)C)cc2)sc1C. The van der Waals surface area contributed by atoms with E-state index in [1.807, 2.05) is 18.2 Å². The zero-order chi connectivity index (χ0) is 18.7. The Morgan fingerprint density at radius 1 is 0.962 bits per heavy atom. The summed E-state index contributed by atoms with van der Waals surface area (Å²) in [6.45, 7) is 11.6. The van der Waals surface area contributed by atoms with E-state index in [9.17, 15) is 0 Å². The van der Waals surface area contributed by atoms with E-state index in [0.717, 1.165) is 22.9 Å². The van der Waals surface area contributed by atoms with Crippen LogP contribution in [0.25, 0.3) is 10.6 Å². The lowest BCUT2D eigenvalue weighted by Gasteiger charge is -2.18. The molecule has 0 unspecified atom stereocenters. The summed E-state index contributed by atoms with van der Waals surface area (Å²) in [6.07, 6.45) is 0.830. The van der Waals surface area contributed by atoms with Gasteiger partial charge < -0.3 is 4.74 Å². The zero-order valence-electron chi connectivity index (χ0n) is 16.3. The van der Waals surface area contributed by atoms with Crippen LogP contribution in [0.5, 0.6) is 5.75 Å². The Labute approximate surface area is 160 Å². The highest BCUT2D eigenvalue weighted by Crippen LogP contribution is 2.30. The van der Waals surface area contributed by atoms with Crippen LogP contribution in [0, 0.1) is 13.8 Å². The van der Waals surface area contributed by atoms with Gasteiger partial charge in [0, 0.05) is 16.9 Å². The first-order chi connectivity index (χ1) is 12.3. The molecule has 0 saturated carbocycles. The van der Waals surface area contributed by atoms with Crippen molar-refractivity contribution in [2.75, 3.05) is 6.61 Å².